The van der Waals surface area contributed by atoms with Crippen molar-refractivity contribution in [3.8, 4) is 5.75 Å². The van der Waals surface area contributed by atoms with Gasteiger partial charge < -0.3 is 18.8 Å². The maximum absolute atomic E-state index is 12.9. The van der Waals surface area contributed by atoms with Crippen molar-refractivity contribution < 1.29 is 18.7 Å². The Hall–Kier alpha value is -2.41. The van der Waals surface area contributed by atoms with E-state index in [4.69, 9.17) is 13.9 Å². The summed E-state index contributed by atoms with van der Waals surface area (Å²) < 4.78 is 16.4. The standard InChI is InChI=1S/C18H21N3O4/c1-11-19-20-17(25-11)16-10-21(6-7-24-16)18(22)15-9-14(15)12-4-3-5-13(8-12)23-2/h3-5,8,14-16H,6-7,9-10H2,1-2H3/t14-,15+,16-/m0/s1. The van der Waals surface area contributed by atoms with E-state index >= 15 is 0 Å². The fraction of sp³-hybridized carbons (Fsp3) is 0.500. The molecule has 1 saturated heterocycles. The topological polar surface area (TPSA) is 77.7 Å². The first kappa shape index (κ1) is 16.1. The van der Waals surface area contributed by atoms with Crippen LogP contribution in [0.25, 0.3) is 0 Å². The van der Waals surface area contributed by atoms with Crippen LogP contribution in [0, 0.1) is 12.8 Å². The van der Waals surface area contributed by atoms with Gasteiger partial charge in [0, 0.05) is 19.4 Å². The van der Waals surface area contributed by atoms with E-state index in [0.29, 0.717) is 31.5 Å². The molecule has 132 valence electrons. The molecule has 4 rings (SSSR count). The third kappa shape index (κ3) is 3.24. The molecule has 0 N–H and O–H groups in total. The fourth-order valence-electron chi connectivity index (χ4n) is 3.38. The summed E-state index contributed by atoms with van der Waals surface area (Å²) in [6.45, 7) is 3.28. The lowest BCUT2D eigenvalue weighted by Crippen LogP contribution is -2.43. The molecule has 0 unspecified atom stereocenters. The van der Waals surface area contributed by atoms with Crippen molar-refractivity contribution in [3.63, 3.8) is 0 Å². The number of aryl methyl sites for hydroxylation is 1. The molecule has 0 radical (unpaired) electrons. The van der Waals surface area contributed by atoms with Gasteiger partial charge in [0.1, 0.15) is 5.75 Å². The van der Waals surface area contributed by atoms with Gasteiger partial charge in [0.25, 0.3) is 0 Å². The quantitative estimate of drug-likeness (QED) is 0.846. The molecule has 2 fully saturated rings. The predicted octanol–water partition coefficient (Wildman–Crippen LogP) is 2.09. The number of ether oxygens (including phenoxy) is 2. The number of benzene rings is 1. The third-order valence-electron chi connectivity index (χ3n) is 4.82. The molecule has 25 heavy (non-hydrogen) atoms. The number of carbonyl (C=O) groups is 1. The summed E-state index contributed by atoms with van der Waals surface area (Å²) in [5, 5.41) is 7.85. The molecule has 7 heteroatoms. The van der Waals surface area contributed by atoms with Crippen LogP contribution in [0.4, 0.5) is 0 Å². The molecule has 0 spiro atoms. The number of nitrogens with zero attached hydrogens (tertiary/aromatic N) is 3. The molecule has 1 aromatic carbocycles. The Bertz CT molecular complexity index is 775. The Morgan fingerprint density at radius 1 is 1.36 bits per heavy atom. The summed E-state index contributed by atoms with van der Waals surface area (Å²) in [6.07, 6.45) is 0.543. The van der Waals surface area contributed by atoms with Gasteiger partial charge in [-0.15, -0.1) is 10.2 Å². The Balaban J connectivity index is 1.41. The van der Waals surface area contributed by atoms with Crippen molar-refractivity contribution in [1.82, 2.24) is 15.1 Å². The van der Waals surface area contributed by atoms with Crippen molar-refractivity contribution in [2.45, 2.75) is 25.4 Å². The van der Waals surface area contributed by atoms with Gasteiger partial charge in [-0.05, 0) is 30.0 Å². The van der Waals surface area contributed by atoms with E-state index in [9.17, 15) is 4.79 Å². The number of methoxy groups -OCH3 is 1. The summed E-state index contributed by atoms with van der Waals surface area (Å²) >= 11 is 0. The van der Waals surface area contributed by atoms with Crippen molar-refractivity contribution >= 4 is 5.91 Å². The van der Waals surface area contributed by atoms with E-state index in [-0.39, 0.29) is 23.8 Å². The van der Waals surface area contributed by atoms with E-state index < -0.39 is 0 Å². The van der Waals surface area contributed by atoms with Gasteiger partial charge in [-0.1, -0.05) is 12.1 Å². The van der Waals surface area contributed by atoms with Crippen LogP contribution in [0.15, 0.2) is 28.7 Å². The summed E-state index contributed by atoms with van der Waals surface area (Å²) in [5.41, 5.74) is 1.16. The highest BCUT2D eigenvalue weighted by Gasteiger charge is 2.46. The minimum Gasteiger partial charge on any atom is -0.497 e. The lowest BCUT2D eigenvalue weighted by atomic mass is 10.1. The maximum Gasteiger partial charge on any atom is 0.246 e. The van der Waals surface area contributed by atoms with Crippen LogP contribution in [0.5, 0.6) is 5.75 Å². The largest absolute Gasteiger partial charge is 0.497 e. The first-order valence-electron chi connectivity index (χ1n) is 8.50. The lowest BCUT2D eigenvalue weighted by molar-refractivity contribution is -0.141. The van der Waals surface area contributed by atoms with Crippen molar-refractivity contribution in [3.05, 3.63) is 41.6 Å². The molecule has 1 aliphatic heterocycles. The second-order valence-electron chi connectivity index (χ2n) is 6.53. The van der Waals surface area contributed by atoms with E-state index in [1.165, 1.54) is 0 Å². The molecule has 2 heterocycles. The number of rotatable bonds is 4. The van der Waals surface area contributed by atoms with Crippen LogP contribution in [0.1, 0.15) is 35.8 Å². The van der Waals surface area contributed by atoms with Crippen LogP contribution >= 0.6 is 0 Å². The number of aromatic nitrogens is 2. The van der Waals surface area contributed by atoms with Gasteiger partial charge in [0.15, 0.2) is 6.10 Å². The second-order valence-corrected chi connectivity index (χ2v) is 6.53. The molecule has 1 aromatic heterocycles. The monoisotopic (exact) mass is 343 g/mol. The van der Waals surface area contributed by atoms with E-state index in [1.807, 2.05) is 23.1 Å². The molecule has 1 saturated carbocycles. The lowest BCUT2D eigenvalue weighted by Gasteiger charge is -2.31. The molecule has 2 aliphatic rings. The van der Waals surface area contributed by atoms with Gasteiger partial charge in [-0.3, -0.25) is 4.79 Å². The first-order valence-corrected chi connectivity index (χ1v) is 8.50. The summed E-state index contributed by atoms with van der Waals surface area (Å²) in [6, 6.07) is 7.96. The highest BCUT2D eigenvalue weighted by molar-refractivity contribution is 5.83. The van der Waals surface area contributed by atoms with Crippen LogP contribution in [0.2, 0.25) is 0 Å². The van der Waals surface area contributed by atoms with Crippen molar-refractivity contribution in [2.24, 2.45) is 5.92 Å². The zero-order chi connectivity index (χ0) is 17.4. The van der Waals surface area contributed by atoms with Crippen LogP contribution in [0.3, 0.4) is 0 Å². The van der Waals surface area contributed by atoms with E-state index in [2.05, 4.69) is 16.3 Å². The summed E-state index contributed by atoms with van der Waals surface area (Å²) in [5.74, 6) is 2.26. The SMILES string of the molecule is COc1cccc([C@@H]2C[C@H]2C(=O)N2CCO[C@H](c3nnc(C)o3)C2)c1. The molecule has 7 nitrogen and oxygen atoms in total. The first-order chi connectivity index (χ1) is 12.2. The van der Waals surface area contributed by atoms with Crippen molar-refractivity contribution in [1.29, 1.82) is 0 Å². The summed E-state index contributed by atoms with van der Waals surface area (Å²) in [4.78, 5) is 14.7. The van der Waals surface area contributed by atoms with Gasteiger partial charge in [0.05, 0.1) is 20.3 Å². The number of carbonyl (C=O) groups excluding carboxylic acids is 1. The minimum atomic E-state index is -0.340. The molecule has 3 atom stereocenters. The van der Waals surface area contributed by atoms with Gasteiger partial charge >= 0.3 is 0 Å². The maximum atomic E-state index is 12.9. The van der Waals surface area contributed by atoms with Gasteiger partial charge in [-0.25, -0.2) is 0 Å². The number of hydrogen-bond acceptors (Lipinski definition) is 6. The third-order valence-corrected chi connectivity index (χ3v) is 4.82. The Labute approximate surface area is 145 Å². The number of morpholine rings is 1. The molecular weight excluding hydrogens is 322 g/mol. The van der Waals surface area contributed by atoms with Crippen LogP contribution < -0.4 is 4.74 Å². The van der Waals surface area contributed by atoms with Crippen LogP contribution in [-0.4, -0.2) is 47.8 Å². The Kier molecular flexibility index (Phi) is 4.17. The molecule has 0 bridgehead atoms. The second kappa shape index (κ2) is 6.48. The molecule has 2 aromatic rings. The van der Waals surface area contributed by atoms with Gasteiger partial charge in [-0.2, -0.15) is 0 Å². The normalized spacial score (nSPS) is 25.7. The van der Waals surface area contributed by atoms with E-state index in [1.54, 1.807) is 14.0 Å². The van der Waals surface area contributed by atoms with Gasteiger partial charge in [0.2, 0.25) is 17.7 Å². The Morgan fingerprint density at radius 2 is 2.24 bits per heavy atom. The van der Waals surface area contributed by atoms with Crippen molar-refractivity contribution in [2.75, 3.05) is 26.8 Å². The average molecular weight is 343 g/mol. The molecule has 1 aliphatic carbocycles. The van der Waals surface area contributed by atoms with E-state index in [0.717, 1.165) is 17.7 Å². The molecule has 1 amide bonds. The minimum absolute atomic E-state index is 0.0373. The van der Waals surface area contributed by atoms with Crippen LogP contribution in [-0.2, 0) is 9.53 Å². The number of hydrogen-bond donors (Lipinski definition) is 0. The highest BCUT2D eigenvalue weighted by atomic mass is 16.5. The predicted molar refractivity (Wildman–Crippen MR) is 88.2 cm³/mol. The number of amides is 1. The highest BCUT2D eigenvalue weighted by Crippen LogP contribution is 2.49. The molecular formula is C18H21N3O4. The fourth-order valence-corrected chi connectivity index (χ4v) is 3.38. The summed E-state index contributed by atoms with van der Waals surface area (Å²) in [7, 11) is 1.65. The zero-order valence-electron chi connectivity index (χ0n) is 14.3. The zero-order valence-corrected chi connectivity index (χ0v) is 14.3. The smallest absolute Gasteiger partial charge is 0.246 e. The average Bonchev–Trinajstić information content (AvgIpc) is 3.34. The Morgan fingerprint density at radius 3 is 3.00 bits per heavy atom.